The summed E-state index contributed by atoms with van der Waals surface area (Å²) < 4.78 is 43.7. The van der Waals surface area contributed by atoms with Gasteiger partial charge in [0.1, 0.15) is 0 Å². The molecule has 0 radical (unpaired) electrons. The average Bonchev–Trinajstić information content (AvgIpc) is 2.39. The van der Waals surface area contributed by atoms with Crippen molar-refractivity contribution in [2.45, 2.75) is 38.1 Å². The standard InChI is InChI=1S/C14H18F3NO/c1-3-13(2)9-19-12(8-18-13)10-5-4-6-11(7-10)14(15,16)17/h4-7,12,18H,3,8-9H2,1-2H3. The van der Waals surface area contributed by atoms with Gasteiger partial charge in [-0.1, -0.05) is 19.1 Å². The van der Waals surface area contributed by atoms with E-state index in [1.165, 1.54) is 12.1 Å². The van der Waals surface area contributed by atoms with Crippen molar-refractivity contribution >= 4 is 0 Å². The van der Waals surface area contributed by atoms with Crippen LogP contribution in [0.2, 0.25) is 0 Å². The van der Waals surface area contributed by atoms with Crippen molar-refractivity contribution in [2.75, 3.05) is 13.2 Å². The molecule has 0 aromatic heterocycles. The quantitative estimate of drug-likeness (QED) is 0.890. The molecule has 2 unspecified atom stereocenters. The van der Waals surface area contributed by atoms with Crippen molar-refractivity contribution in [3.8, 4) is 0 Å². The number of hydrogen-bond acceptors (Lipinski definition) is 2. The molecular formula is C14H18F3NO. The van der Waals surface area contributed by atoms with E-state index in [1.54, 1.807) is 6.07 Å². The maximum atomic E-state index is 12.7. The van der Waals surface area contributed by atoms with Gasteiger partial charge < -0.3 is 10.1 Å². The molecule has 19 heavy (non-hydrogen) atoms. The van der Waals surface area contributed by atoms with Gasteiger partial charge in [-0.15, -0.1) is 0 Å². The van der Waals surface area contributed by atoms with E-state index in [-0.39, 0.29) is 11.6 Å². The molecule has 0 saturated carbocycles. The van der Waals surface area contributed by atoms with Gasteiger partial charge in [0.2, 0.25) is 0 Å². The second-order valence-electron chi connectivity index (χ2n) is 5.22. The van der Waals surface area contributed by atoms with Crippen molar-refractivity contribution in [3.63, 3.8) is 0 Å². The van der Waals surface area contributed by atoms with Crippen LogP contribution in [0.3, 0.4) is 0 Å². The molecule has 2 nitrogen and oxygen atoms in total. The normalized spacial score (nSPS) is 28.4. The van der Waals surface area contributed by atoms with E-state index in [9.17, 15) is 13.2 Å². The Kier molecular flexibility index (Phi) is 3.87. The predicted octanol–water partition coefficient (Wildman–Crippen LogP) is 3.54. The molecule has 2 rings (SSSR count). The highest BCUT2D eigenvalue weighted by molar-refractivity contribution is 5.27. The van der Waals surface area contributed by atoms with Crippen LogP contribution >= 0.6 is 0 Å². The van der Waals surface area contributed by atoms with Gasteiger partial charge in [0.05, 0.1) is 18.3 Å². The van der Waals surface area contributed by atoms with Crippen LogP contribution in [0.15, 0.2) is 24.3 Å². The number of benzene rings is 1. The molecule has 1 N–H and O–H groups in total. The molecule has 106 valence electrons. The topological polar surface area (TPSA) is 21.3 Å². The van der Waals surface area contributed by atoms with Gasteiger partial charge in [-0.2, -0.15) is 13.2 Å². The fourth-order valence-corrected chi connectivity index (χ4v) is 2.09. The van der Waals surface area contributed by atoms with Crippen LogP contribution < -0.4 is 5.32 Å². The third-order valence-corrected chi connectivity index (χ3v) is 3.68. The van der Waals surface area contributed by atoms with Gasteiger partial charge in [0.15, 0.2) is 0 Å². The Hall–Kier alpha value is -1.07. The summed E-state index contributed by atoms with van der Waals surface area (Å²) >= 11 is 0. The van der Waals surface area contributed by atoms with E-state index in [2.05, 4.69) is 19.2 Å². The van der Waals surface area contributed by atoms with Crippen LogP contribution in [0, 0.1) is 0 Å². The molecule has 1 heterocycles. The molecule has 1 aliphatic heterocycles. The van der Waals surface area contributed by atoms with Crippen LogP contribution in [0.4, 0.5) is 13.2 Å². The molecule has 0 spiro atoms. The molecule has 2 atom stereocenters. The largest absolute Gasteiger partial charge is 0.416 e. The van der Waals surface area contributed by atoms with Crippen molar-refractivity contribution in [2.24, 2.45) is 0 Å². The second-order valence-corrected chi connectivity index (χ2v) is 5.22. The van der Waals surface area contributed by atoms with Crippen LogP contribution in [0.5, 0.6) is 0 Å². The van der Waals surface area contributed by atoms with E-state index in [0.717, 1.165) is 12.5 Å². The monoisotopic (exact) mass is 273 g/mol. The minimum atomic E-state index is -4.31. The van der Waals surface area contributed by atoms with E-state index >= 15 is 0 Å². The third kappa shape index (κ3) is 3.28. The maximum absolute atomic E-state index is 12.7. The van der Waals surface area contributed by atoms with Crippen LogP contribution in [0.25, 0.3) is 0 Å². The van der Waals surface area contributed by atoms with Crippen LogP contribution in [-0.2, 0) is 10.9 Å². The van der Waals surface area contributed by atoms with Gasteiger partial charge in [0, 0.05) is 12.1 Å². The second kappa shape index (κ2) is 5.13. The molecule has 0 aliphatic carbocycles. The summed E-state index contributed by atoms with van der Waals surface area (Å²) in [5.41, 5.74) is -0.143. The number of morpholine rings is 1. The molecule has 5 heteroatoms. The molecule has 1 aromatic rings. The lowest BCUT2D eigenvalue weighted by Gasteiger charge is -2.38. The van der Waals surface area contributed by atoms with Crippen LogP contribution in [0.1, 0.15) is 37.5 Å². The lowest BCUT2D eigenvalue weighted by Crippen LogP contribution is -2.52. The summed E-state index contributed by atoms with van der Waals surface area (Å²) in [6.07, 6.45) is -3.71. The van der Waals surface area contributed by atoms with Crippen molar-refractivity contribution < 1.29 is 17.9 Å². The number of nitrogens with one attached hydrogen (secondary N) is 1. The van der Waals surface area contributed by atoms with Crippen LogP contribution in [-0.4, -0.2) is 18.7 Å². The minimum absolute atomic E-state index is 0.0852. The van der Waals surface area contributed by atoms with E-state index in [4.69, 9.17) is 4.74 Å². The summed E-state index contributed by atoms with van der Waals surface area (Å²) in [6.45, 7) is 5.15. The number of rotatable bonds is 2. The first-order chi connectivity index (χ1) is 8.84. The summed E-state index contributed by atoms with van der Waals surface area (Å²) in [4.78, 5) is 0. The zero-order valence-electron chi connectivity index (χ0n) is 11.1. The van der Waals surface area contributed by atoms with Gasteiger partial charge in [-0.3, -0.25) is 0 Å². The first kappa shape index (κ1) is 14.3. The number of halogens is 3. The Balaban J connectivity index is 2.12. The fourth-order valence-electron chi connectivity index (χ4n) is 2.09. The highest BCUT2D eigenvalue weighted by Gasteiger charge is 2.33. The Labute approximate surface area is 111 Å². The van der Waals surface area contributed by atoms with E-state index in [0.29, 0.717) is 18.7 Å². The summed E-state index contributed by atoms with van der Waals surface area (Å²) in [5.74, 6) is 0. The minimum Gasteiger partial charge on any atom is -0.370 e. The van der Waals surface area contributed by atoms with Crippen molar-refractivity contribution in [1.82, 2.24) is 5.32 Å². The van der Waals surface area contributed by atoms with Gasteiger partial charge in [-0.25, -0.2) is 0 Å². The zero-order valence-corrected chi connectivity index (χ0v) is 11.1. The molecule has 0 bridgehead atoms. The highest BCUT2D eigenvalue weighted by Crippen LogP contribution is 2.32. The average molecular weight is 273 g/mol. The molecule has 1 aliphatic rings. The van der Waals surface area contributed by atoms with E-state index in [1.807, 2.05) is 0 Å². The van der Waals surface area contributed by atoms with Crippen molar-refractivity contribution in [1.29, 1.82) is 0 Å². The Morgan fingerprint density at radius 3 is 2.68 bits per heavy atom. The number of alkyl halides is 3. The molecule has 1 aromatic carbocycles. The first-order valence-electron chi connectivity index (χ1n) is 6.38. The summed E-state index contributed by atoms with van der Waals surface area (Å²) in [6, 6.07) is 5.35. The maximum Gasteiger partial charge on any atom is 0.416 e. The Morgan fingerprint density at radius 2 is 2.16 bits per heavy atom. The first-order valence-corrected chi connectivity index (χ1v) is 6.38. The Morgan fingerprint density at radius 1 is 1.42 bits per heavy atom. The predicted molar refractivity (Wildman–Crippen MR) is 66.8 cm³/mol. The molecule has 0 amide bonds. The highest BCUT2D eigenvalue weighted by atomic mass is 19.4. The summed E-state index contributed by atoms with van der Waals surface area (Å²) in [7, 11) is 0. The van der Waals surface area contributed by atoms with Gasteiger partial charge >= 0.3 is 6.18 Å². The third-order valence-electron chi connectivity index (χ3n) is 3.68. The zero-order chi connectivity index (χ0) is 14.1. The number of ether oxygens (including phenoxy) is 1. The van der Waals surface area contributed by atoms with Gasteiger partial charge in [-0.05, 0) is 31.0 Å². The smallest absolute Gasteiger partial charge is 0.370 e. The lowest BCUT2D eigenvalue weighted by molar-refractivity contribution is -0.137. The van der Waals surface area contributed by atoms with Crippen molar-refractivity contribution in [3.05, 3.63) is 35.4 Å². The molecular weight excluding hydrogens is 255 g/mol. The SMILES string of the molecule is CCC1(C)COC(c2cccc(C(F)(F)F)c2)CN1. The van der Waals surface area contributed by atoms with Gasteiger partial charge in [0.25, 0.3) is 0 Å². The number of hydrogen-bond donors (Lipinski definition) is 1. The Bertz CT molecular complexity index is 437. The van der Waals surface area contributed by atoms with E-state index < -0.39 is 11.7 Å². The fraction of sp³-hybridized carbons (Fsp3) is 0.571. The lowest BCUT2D eigenvalue weighted by atomic mass is 9.96. The molecule has 1 fully saturated rings. The summed E-state index contributed by atoms with van der Waals surface area (Å²) in [5, 5.41) is 3.35. The molecule has 1 saturated heterocycles.